The Bertz CT molecular complexity index is 1930. The molecule has 2 unspecified atom stereocenters. The maximum atomic E-state index is 16.8. The van der Waals surface area contributed by atoms with E-state index in [0.717, 1.165) is 32.2 Å². The number of hydrogen-bond donors (Lipinski definition) is 2. The van der Waals surface area contributed by atoms with Gasteiger partial charge in [-0.3, -0.25) is 14.7 Å². The molecular formula is C34H34F3N7O3. The summed E-state index contributed by atoms with van der Waals surface area (Å²) in [5.74, 6) is -0.954. The predicted molar refractivity (Wildman–Crippen MR) is 168 cm³/mol. The van der Waals surface area contributed by atoms with Gasteiger partial charge in [0.2, 0.25) is 5.91 Å². The minimum Gasteiger partial charge on any atom is -0.508 e. The second-order valence-electron chi connectivity index (χ2n) is 13.7. The fourth-order valence-corrected chi connectivity index (χ4v) is 8.56. The summed E-state index contributed by atoms with van der Waals surface area (Å²) in [6.45, 7) is 3.05. The first-order valence-electron chi connectivity index (χ1n) is 16.4. The van der Waals surface area contributed by atoms with Gasteiger partial charge in [-0.2, -0.15) is 9.97 Å². The number of ether oxygens (including phenoxy) is 1. The van der Waals surface area contributed by atoms with Crippen molar-refractivity contribution in [3.63, 3.8) is 0 Å². The van der Waals surface area contributed by atoms with Crippen LogP contribution < -0.4 is 15.0 Å². The number of nitrogens with one attached hydrogen (secondary N) is 1. The summed E-state index contributed by atoms with van der Waals surface area (Å²) < 4.78 is 52.7. The van der Waals surface area contributed by atoms with Crippen LogP contribution in [0.1, 0.15) is 32.1 Å². The highest BCUT2D eigenvalue weighted by molar-refractivity contribution is 6.00. The van der Waals surface area contributed by atoms with Gasteiger partial charge in [0.1, 0.15) is 41.4 Å². The normalized spacial score (nSPS) is 28.4. The molecule has 2 N–H and O–H groups in total. The molecular weight excluding hydrogens is 611 g/mol. The first kappa shape index (κ1) is 29.0. The molecule has 0 radical (unpaired) electrons. The van der Waals surface area contributed by atoms with E-state index in [0.29, 0.717) is 49.2 Å². The van der Waals surface area contributed by atoms with Crippen molar-refractivity contribution in [1.29, 1.82) is 0 Å². The highest BCUT2D eigenvalue weighted by Crippen LogP contribution is 2.42. The number of phenols is 1. The quantitative estimate of drug-likeness (QED) is 0.301. The van der Waals surface area contributed by atoms with Gasteiger partial charge < -0.3 is 25.0 Å². The van der Waals surface area contributed by atoms with Crippen LogP contribution in [0.15, 0.2) is 36.5 Å². The van der Waals surface area contributed by atoms with E-state index >= 15 is 8.78 Å². The molecule has 1 amide bonds. The standard InChI is InChI=1S/C34H34F3N7O3/c35-19-11-34(7-2-8-43(34)14-19)17-47-33-40-30-24(31(41-33)42-15-20-5-6-21(16-42)44(20)32(46)26-13-38-26)12-39-29(28(30)37)23-10-22(45)9-18-3-1-4-25(36)27(18)23/h1,3-4,9-10,12,19-21,26,38,45H,2,5-8,11,13-17H2/t19-,20?,21?,26+,34+/m1/s1. The molecule has 7 heterocycles. The molecule has 10 nitrogen and oxygen atoms in total. The number of carbonyl (C=O) groups is 1. The summed E-state index contributed by atoms with van der Waals surface area (Å²) in [7, 11) is 0. The van der Waals surface area contributed by atoms with E-state index in [2.05, 4.69) is 25.1 Å². The average Bonchev–Trinajstić information content (AvgIpc) is 3.69. The highest BCUT2D eigenvalue weighted by Gasteiger charge is 2.50. The van der Waals surface area contributed by atoms with Crippen molar-refractivity contribution in [3.8, 4) is 23.0 Å². The third-order valence-corrected chi connectivity index (χ3v) is 10.8. The Kier molecular flexibility index (Phi) is 6.56. The second kappa shape index (κ2) is 10.6. The maximum Gasteiger partial charge on any atom is 0.319 e. The SMILES string of the molecule is O=C([C@@H]1CN1)N1C2CCC1CN(c1nc(OC[C@@]34CCCN3C[C@H](F)C4)nc3c(F)c(-c4cc(O)cc5cccc(F)c45)ncc13)C2. The van der Waals surface area contributed by atoms with E-state index in [1.807, 2.05) is 4.90 Å². The summed E-state index contributed by atoms with van der Waals surface area (Å²) >= 11 is 0. The van der Waals surface area contributed by atoms with Crippen molar-refractivity contribution in [3.05, 3.63) is 48.2 Å². The Morgan fingerprint density at radius 3 is 2.72 bits per heavy atom. The molecule has 2 bridgehead atoms. The van der Waals surface area contributed by atoms with Crippen LogP contribution in [0, 0.1) is 11.6 Å². The third-order valence-electron chi connectivity index (χ3n) is 10.8. The average molecular weight is 646 g/mol. The molecule has 2 aromatic carbocycles. The molecule has 5 saturated heterocycles. The molecule has 5 aliphatic rings. The van der Waals surface area contributed by atoms with Gasteiger partial charge in [0.15, 0.2) is 5.82 Å². The number of amides is 1. The second-order valence-corrected chi connectivity index (χ2v) is 13.7. The molecule has 9 rings (SSSR count). The number of benzene rings is 2. The minimum atomic E-state index is -0.934. The van der Waals surface area contributed by atoms with Crippen molar-refractivity contribution in [2.24, 2.45) is 0 Å². The van der Waals surface area contributed by atoms with Gasteiger partial charge in [0, 0.05) is 61.8 Å². The van der Waals surface area contributed by atoms with Crippen LogP contribution in [0.4, 0.5) is 19.0 Å². The van der Waals surface area contributed by atoms with Crippen LogP contribution in [-0.2, 0) is 4.79 Å². The van der Waals surface area contributed by atoms with Crippen LogP contribution >= 0.6 is 0 Å². The number of hydrogen-bond acceptors (Lipinski definition) is 9. The first-order valence-corrected chi connectivity index (χ1v) is 16.4. The topological polar surface area (TPSA) is 117 Å². The molecule has 5 aliphatic heterocycles. The van der Waals surface area contributed by atoms with Crippen molar-refractivity contribution in [2.45, 2.75) is 61.9 Å². The van der Waals surface area contributed by atoms with E-state index < -0.39 is 23.3 Å². The summed E-state index contributed by atoms with van der Waals surface area (Å²) in [6, 6.07) is 6.99. The van der Waals surface area contributed by atoms with Gasteiger partial charge in [0.05, 0.1) is 17.0 Å². The third kappa shape index (κ3) is 4.68. The lowest BCUT2D eigenvalue weighted by Gasteiger charge is -2.42. The van der Waals surface area contributed by atoms with Gasteiger partial charge in [-0.1, -0.05) is 12.1 Å². The van der Waals surface area contributed by atoms with Gasteiger partial charge in [-0.05, 0) is 55.8 Å². The van der Waals surface area contributed by atoms with Crippen molar-refractivity contribution in [2.75, 3.05) is 44.2 Å². The Labute approximate surface area is 268 Å². The molecule has 4 aromatic rings. The zero-order valence-electron chi connectivity index (χ0n) is 25.6. The zero-order valence-corrected chi connectivity index (χ0v) is 25.6. The number of halogens is 3. The lowest BCUT2D eigenvalue weighted by molar-refractivity contribution is -0.133. The van der Waals surface area contributed by atoms with Crippen LogP contribution in [-0.4, -0.2) is 105 Å². The lowest BCUT2D eigenvalue weighted by atomic mass is 9.95. The number of nitrogens with zero attached hydrogens (tertiary/aromatic N) is 6. The molecule has 5 atom stereocenters. The van der Waals surface area contributed by atoms with Crippen LogP contribution in [0.25, 0.3) is 32.9 Å². The molecule has 0 aliphatic carbocycles. The van der Waals surface area contributed by atoms with E-state index in [-0.39, 0.29) is 64.6 Å². The first-order chi connectivity index (χ1) is 22.8. The largest absolute Gasteiger partial charge is 0.508 e. The molecule has 5 fully saturated rings. The molecule has 244 valence electrons. The van der Waals surface area contributed by atoms with E-state index in [9.17, 15) is 14.3 Å². The van der Waals surface area contributed by atoms with Gasteiger partial charge in [-0.15, -0.1) is 0 Å². The van der Waals surface area contributed by atoms with Crippen molar-refractivity contribution in [1.82, 2.24) is 30.1 Å². The van der Waals surface area contributed by atoms with Gasteiger partial charge in [0.25, 0.3) is 0 Å². The Hall–Kier alpha value is -4.23. The fraction of sp³-hybridized carbons (Fsp3) is 0.471. The van der Waals surface area contributed by atoms with Crippen LogP contribution in [0.5, 0.6) is 11.8 Å². The predicted octanol–water partition coefficient (Wildman–Crippen LogP) is 3.94. The number of phenolic OH excluding ortho intramolecular Hbond substituents is 1. The number of anilines is 1. The van der Waals surface area contributed by atoms with Crippen molar-refractivity contribution >= 4 is 33.4 Å². The molecule has 0 saturated carbocycles. The lowest BCUT2D eigenvalue weighted by Crippen LogP contribution is -2.57. The number of alkyl halides is 1. The Balaban J connectivity index is 1.14. The number of aromatic nitrogens is 3. The smallest absolute Gasteiger partial charge is 0.319 e. The van der Waals surface area contributed by atoms with Gasteiger partial charge >= 0.3 is 6.01 Å². The van der Waals surface area contributed by atoms with Crippen molar-refractivity contribution < 1.29 is 27.8 Å². The van der Waals surface area contributed by atoms with E-state index in [1.54, 1.807) is 6.07 Å². The number of fused-ring (bicyclic) bond motifs is 5. The zero-order chi connectivity index (χ0) is 32.0. The number of aromatic hydroxyl groups is 1. The summed E-state index contributed by atoms with van der Waals surface area (Å²) in [4.78, 5) is 33.1. The van der Waals surface area contributed by atoms with Gasteiger partial charge in [-0.25, -0.2) is 13.2 Å². The molecule has 13 heteroatoms. The molecule has 47 heavy (non-hydrogen) atoms. The summed E-state index contributed by atoms with van der Waals surface area (Å²) in [6.07, 6.45) is 4.38. The summed E-state index contributed by atoms with van der Waals surface area (Å²) in [5.41, 5.74) is -0.575. The monoisotopic (exact) mass is 645 g/mol. The highest BCUT2D eigenvalue weighted by atomic mass is 19.1. The van der Waals surface area contributed by atoms with Crippen LogP contribution in [0.2, 0.25) is 0 Å². The minimum absolute atomic E-state index is 0.0114. The molecule has 2 aromatic heterocycles. The Morgan fingerprint density at radius 2 is 1.94 bits per heavy atom. The number of pyridine rings is 1. The summed E-state index contributed by atoms with van der Waals surface area (Å²) in [5, 5.41) is 14.5. The Morgan fingerprint density at radius 1 is 1.13 bits per heavy atom. The van der Waals surface area contributed by atoms with Crippen LogP contribution in [0.3, 0.4) is 0 Å². The number of piperazine rings is 1. The number of rotatable bonds is 6. The maximum absolute atomic E-state index is 16.8. The van der Waals surface area contributed by atoms with E-state index in [4.69, 9.17) is 9.72 Å². The molecule has 0 spiro atoms. The van der Waals surface area contributed by atoms with E-state index in [1.165, 1.54) is 30.5 Å². The number of carbonyl (C=O) groups excluding carboxylic acids is 1. The fourth-order valence-electron chi connectivity index (χ4n) is 8.56.